The lowest BCUT2D eigenvalue weighted by atomic mass is 10.1. The summed E-state index contributed by atoms with van der Waals surface area (Å²) in [4.78, 5) is 26.9. The quantitative estimate of drug-likeness (QED) is 0.379. The van der Waals surface area contributed by atoms with Gasteiger partial charge in [-0.1, -0.05) is 0 Å². The monoisotopic (exact) mass is 465 g/mol. The molecule has 170 valence electrons. The van der Waals surface area contributed by atoms with Crippen LogP contribution in [0.15, 0.2) is 49.1 Å². The third-order valence-electron chi connectivity index (χ3n) is 4.94. The largest absolute Gasteiger partial charge is 0.489 e. The summed E-state index contributed by atoms with van der Waals surface area (Å²) in [5.74, 6) is 0.381. The fourth-order valence-electron chi connectivity index (χ4n) is 3.41. The van der Waals surface area contributed by atoms with Crippen molar-refractivity contribution in [3.8, 4) is 5.75 Å². The Morgan fingerprint density at radius 3 is 2.73 bits per heavy atom. The highest BCUT2D eigenvalue weighted by Gasteiger charge is 2.20. The van der Waals surface area contributed by atoms with Crippen molar-refractivity contribution < 1.29 is 13.9 Å². The van der Waals surface area contributed by atoms with E-state index in [2.05, 4.69) is 25.6 Å². The number of aryl methyl sites for hydroxylation is 1. The topological polar surface area (TPSA) is 89.0 Å². The van der Waals surface area contributed by atoms with Gasteiger partial charge in [-0.3, -0.25) is 9.78 Å². The number of fused-ring (bicyclic) bond motifs is 1. The summed E-state index contributed by atoms with van der Waals surface area (Å²) in [6, 6.07) is 8.16. The summed E-state index contributed by atoms with van der Waals surface area (Å²) < 4.78 is 19.5. The molecule has 1 aromatic carbocycles. The second-order valence-corrected chi connectivity index (χ2v) is 8.75. The summed E-state index contributed by atoms with van der Waals surface area (Å²) >= 11 is 1.32. The number of benzene rings is 1. The van der Waals surface area contributed by atoms with Crippen molar-refractivity contribution in [2.45, 2.75) is 33.3 Å². The van der Waals surface area contributed by atoms with E-state index in [9.17, 15) is 9.18 Å². The van der Waals surface area contributed by atoms with E-state index in [0.29, 0.717) is 39.9 Å². The van der Waals surface area contributed by atoms with Crippen molar-refractivity contribution >= 4 is 39.0 Å². The Bertz CT molecular complexity index is 1280. The van der Waals surface area contributed by atoms with Gasteiger partial charge >= 0.3 is 0 Å². The number of carbonyl (C=O) groups excluding carboxylic acids is 1. The summed E-state index contributed by atoms with van der Waals surface area (Å²) in [7, 11) is 0. The van der Waals surface area contributed by atoms with E-state index in [4.69, 9.17) is 4.74 Å². The summed E-state index contributed by atoms with van der Waals surface area (Å²) in [6.07, 6.45) is 5.51. The van der Waals surface area contributed by atoms with Crippen LogP contribution >= 0.6 is 11.3 Å². The van der Waals surface area contributed by atoms with Crippen LogP contribution in [0.4, 0.5) is 15.9 Å². The Morgan fingerprint density at radius 1 is 1.18 bits per heavy atom. The van der Waals surface area contributed by atoms with Crippen molar-refractivity contribution in [3.05, 3.63) is 70.9 Å². The lowest BCUT2D eigenvalue weighted by molar-refractivity contribution is 0.0957. The maximum absolute atomic E-state index is 13.8. The molecule has 7 nitrogen and oxygen atoms in total. The summed E-state index contributed by atoms with van der Waals surface area (Å²) in [6.45, 7) is 6.14. The molecule has 3 aromatic heterocycles. The van der Waals surface area contributed by atoms with E-state index in [1.54, 1.807) is 18.5 Å². The maximum atomic E-state index is 13.8. The smallest absolute Gasteiger partial charge is 0.261 e. The number of hydrogen-bond acceptors (Lipinski definition) is 7. The van der Waals surface area contributed by atoms with E-state index in [0.717, 1.165) is 16.5 Å². The number of hydrogen-bond donors (Lipinski definition) is 2. The third-order valence-corrected chi connectivity index (χ3v) is 6.14. The normalized spacial score (nSPS) is 11.1. The van der Waals surface area contributed by atoms with Crippen molar-refractivity contribution in [1.29, 1.82) is 0 Å². The molecule has 0 radical (unpaired) electrons. The molecule has 0 atom stereocenters. The number of halogens is 1. The van der Waals surface area contributed by atoms with Gasteiger partial charge in [0.15, 0.2) is 0 Å². The molecule has 9 heteroatoms. The summed E-state index contributed by atoms with van der Waals surface area (Å²) in [5.41, 5.74) is 2.47. The first-order chi connectivity index (χ1) is 15.9. The molecule has 4 rings (SSSR count). The minimum absolute atomic E-state index is 0.122. The Morgan fingerprint density at radius 2 is 1.97 bits per heavy atom. The lowest BCUT2D eigenvalue weighted by Crippen LogP contribution is -2.25. The van der Waals surface area contributed by atoms with Gasteiger partial charge in [0, 0.05) is 25.0 Å². The highest BCUT2D eigenvalue weighted by Crippen LogP contribution is 2.36. The van der Waals surface area contributed by atoms with Gasteiger partial charge in [-0.15, -0.1) is 11.3 Å². The second-order valence-electron chi connectivity index (χ2n) is 7.75. The van der Waals surface area contributed by atoms with Crippen LogP contribution in [0.1, 0.15) is 34.6 Å². The van der Waals surface area contributed by atoms with Gasteiger partial charge < -0.3 is 15.4 Å². The zero-order valence-corrected chi connectivity index (χ0v) is 19.4. The first kappa shape index (κ1) is 22.6. The number of carbonyl (C=O) groups is 1. The third kappa shape index (κ3) is 5.25. The lowest BCUT2D eigenvalue weighted by Gasteiger charge is -2.15. The van der Waals surface area contributed by atoms with Crippen LogP contribution in [0, 0.1) is 12.7 Å². The molecule has 33 heavy (non-hydrogen) atoms. The molecular weight excluding hydrogens is 441 g/mol. The standard InChI is InChI=1S/C24H24FN5O2S/c1-14(2)32-19-12-17(25)4-5-18(19)30-22-20-15(3)21(33-24(20)29-13-28-22)23(31)27-11-8-16-6-9-26-10-7-16/h4-7,9-10,12-14H,8,11H2,1-3H3,(H,27,31)(H,28,29,30). The molecule has 0 unspecified atom stereocenters. The Kier molecular flexibility index (Phi) is 6.79. The SMILES string of the molecule is Cc1c(C(=O)NCCc2ccncc2)sc2ncnc(Nc3ccc(F)cc3OC(C)C)c12. The van der Waals surface area contributed by atoms with Gasteiger partial charge in [0.05, 0.1) is 22.1 Å². The molecule has 0 aliphatic heterocycles. The number of aromatic nitrogens is 3. The fraction of sp³-hybridized carbons (Fsp3) is 0.250. The summed E-state index contributed by atoms with van der Waals surface area (Å²) in [5, 5.41) is 6.96. The number of rotatable bonds is 8. The highest BCUT2D eigenvalue weighted by atomic mass is 32.1. The molecule has 4 aromatic rings. The van der Waals surface area contributed by atoms with Gasteiger partial charge in [-0.05, 0) is 62.6 Å². The number of anilines is 2. The number of pyridine rings is 1. The van der Waals surface area contributed by atoms with E-state index < -0.39 is 0 Å². The molecule has 0 saturated heterocycles. The zero-order valence-electron chi connectivity index (χ0n) is 18.6. The van der Waals surface area contributed by atoms with Crippen molar-refractivity contribution in [1.82, 2.24) is 20.3 Å². The predicted octanol–water partition coefficient (Wildman–Crippen LogP) is 5.04. The average molecular weight is 466 g/mol. The van der Waals surface area contributed by atoms with Gasteiger partial charge in [-0.25, -0.2) is 14.4 Å². The molecule has 0 aliphatic rings. The zero-order chi connectivity index (χ0) is 23.4. The van der Waals surface area contributed by atoms with Gasteiger partial charge in [0.25, 0.3) is 5.91 Å². The molecular formula is C24H24FN5O2S. The van der Waals surface area contributed by atoms with Crippen LogP contribution < -0.4 is 15.4 Å². The Labute approximate surface area is 195 Å². The van der Waals surface area contributed by atoms with Gasteiger partial charge in [-0.2, -0.15) is 0 Å². The van der Waals surface area contributed by atoms with E-state index >= 15 is 0 Å². The van der Waals surface area contributed by atoms with Crippen LogP contribution in [-0.2, 0) is 6.42 Å². The van der Waals surface area contributed by atoms with Gasteiger partial charge in [0.2, 0.25) is 0 Å². The van der Waals surface area contributed by atoms with E-state index in [-0.39, 0.29) is 17.8 Å². The van der Waals surface area contributed by atoms with E-state index in [1.807, 2.05) is 32.9 Å². The van der Waals surface area contributed by atoms with Crippen LogP contribution in [0.25, 0.3) is 10.2 Å². The minimum atomic E-state index is -0.388. The predicted molar refractivity (Wildman–Crippen MR) is 128 cm³/mol. The van der Waals surface area contributed by atoms with Crippen LogP contribution in [-0.4, -0.2) is 33.5 Å². The van der Waals surface area contributed by atoms with Crippen molar-refractivity contribution in [2.24, 2.45) is 0 Å². The fourth-order valence-corrected chi connectivity index (χ4v) is 4.48. The molecule has 0 spiro atoms. The minimum Gasteiger partial charge on any atom is -0.489 e. The first-order valence-electron chi connectivity index (χ1n) is 10.6. The van der Waals surface area contributed by atoms with Crippen molar-refractivity contribution in [2.75, 3.05) is 11.9 Å². The number of nitrogens with zero attached hydrogens (tertiary/aromatic N) is 3. The van der Waals surface area contributed by atoms with Crippen LogP contribution in [0.3, 0.4) is 0 Å². The number of amides is 1. The van der Waals surface area contributed by atoms with Crippen molar-refractivity contribution in [3.63, 3.8) is 0 Å². The molecule has 0 aliphatic carbocycles. The van der Waals surface area contributed by atoms with Crippen LogP contribution in [0.2, 0.25) is 0 Å². The molecule has 3 heterocycles. The molecule has 0 fully saturated rings. The Hall–Kier alpha value is -3.59. The first-order valence-corrected chi connectivity index (χ1v) is 11.4. The maximum Gasteiger partial charge on any atom is 0.261 e. The Balaban J connectivity index is 1.57. The molecule has 0 saturated carbocycles. The number of nitrogens with one attached hydrogen (secondary N) is 2. The molecule has 2 N–H and O–H groups in total. The number of ether oxygens (including phenoxy) is 1. The second kappa shape index (κ2) is 9.91. The number of thiophene rings is 1. The van der Waals surface area contributed by atoms with E-state index in [1.165, 1.54) is 29.8 Å². The molecule has 1 amide bonds. The molecule has 0 bridgehead atoms. The van der Waals surface area contributed by atoms with Crippen LogP contribution in [0.5, 0.6) is 5.75 Å². The van der Waals surface area contributed by atoms with Gasteiger partial charge in [0.1, 0.15) is 28.5 Å². The average Bonchev–Trinajstić information content (AvgIpc) is 3.13. The highest BCUT2D eigenvalue weighted by molar-refractivity contribution is 7.20.